The molecule has 0 amide bonds. The molecule has 0 spiro atoms. The van der Waals surface area contributed by atoms with Crippen LogP contribution in [-0.2, 0) is 4.74 Å². The van der Waals surface area contributed by atoms with E-state index >= 15 is 0 Å². The Morgan fingerprint density at radius 3 is 2.54 bits per heavy atom. The third-order valence-electron chi connectivity index (χ3n) is 2.99. The van der Waals surface area contributed by atoms with Crippen LogP contribution in [0, 0.1) is 5.92 Å². The minimum absolute atomic E-state index is 0.895. The van der Waals surface area contributed by atoms with E-state index < -0.39 is 0 Å². The van der Waals surface area contributed by atoms with Crippen LogP contribution in [0.1, 0.15) is 58.3 Å². The minimum Gasteiger partial charge on any atom is -0.381 e. The van der Waals surface area contributed by atoms with Crippen molar-refractivity contribution in [3.63, 3.8) is 0 Å². The molecule has 1 saturated heterocycles. The van der Waals surface area contributed by atoms with Gasteiger partial charge in [-0.25, -0.2) is 0 Å². The summed E-state index contributed by atoms with van der Waals surface area (Å²) in [6.45, 7) is 4.32. The van der Waals surface area contributed by atoms with E-state index in [0.29, 0.717) is 0 Å². The Kier molecular flexibility index (Phi) is 6.26. The fourth-order valence-corrected chi connectivity index (χ4v) is 2.02. The van der Waals surface area contributed by atoms with Crippen LogP contribution < -0.4 is 0 Å². The Morgan fingerprint density at radius 1 is 1.08 bits per heavy atom. The van der Waals surface area contributed by atoms with Crippen LogP contribution >= 0.6 is 0 Å². The lowest BCUT2D eigenvalue weighted by Gasteiger charge is -2.06. The first kappa shape index (κ1) is 11.0. The topological polar surface area (TPSA) is 9.23 Å². The molecule has 0 saturated carbocycles. The van der Waals surface area contributed by atoms with Gasteiger partial charge in [0.2, 0.25) is 0 Å². The Morgan fingerprint density at radius 2 is 1.85 bits per heavy atom. The van der Waals surface area contributed by atoms with Crippen molar-refractivity contribution in [2.45, 2.75) is 58.3 Å². The largest absolute Gasteiger partial charge is 0.381 e. The summed E-state index contributed by atoms with van der Waals surface area (Å²) in [5, 5.41) is 0. The Hall–Kier alpha value is -0.0400. The molecule has 78 valence electrons. The van der Waals surface area contributed by atoms with E-state index in [4.69, 9.17) is 4.74 Å². The lowest BCUT2D eigenvalue weighted by molar-refractivity contribution is 0.183. The maximum absolute atomic E-state index is 5.35. The number of ether oxygens (including phenoxy) is 1. The average Bonchev–Trinajstić information content (AvgIpc) is 2.63. The molecular formula is C12H24O. The molecule has 1 heterocycles. The van der Waals surface area contributed by atoms with E-state index in [1.807, 2.05) is 0 Å². The van der Waals surface area contributed by atoms with Gasteiger partial charge in [-0.2, -0.15) is 0 Å². The fourth-order valence-electron chi connectivity index (χ4n) is 2.02. The molecule has 0 aromatic rings. The maximum Gasteiger partial charge on any atom is 0.0495 e. The highest BCUT2D eigenvalue weighted by molar-refractivity contribution is 4.63. The molecular weight excluding hydrogens is 160 g/mol. The summed E-state index contributed by atoms with van der Waals surface area (Å²) in [6.07, 6.45) is 11.3. The molecule has 0 bridgehead atoms. The third-order valence-corrected chi connectivity index (χ3v) is 2.99. The van der Waals surface area contributed by atoms with Crippen LogP contribution in [0.2, 0.25) is 0 Å². The zero-order valence-corrected chi connectivity index (χ0v) is 9.06. The lowest BCUT2D eigenvalue weighted by Crippen LogP contribution is -1.98. The molecule has 1 rings (SSSR count). The summed E-state index contributed by atoms with van der Waals surface area (Å²) >= 11 is 0. The minimum atomic E-state index is 0.895. The molecule has 1 fully saturated rings. The van der Waals surface area contributed by atoms with Crippen molar-refractivity contribution in [3.8, 4) is 0 Å². The molecule has 1 nitrogen and oxygen atoms in total. The number of unbranched alkanes of at least 4 members (excludes halogenated alkanes) is 5. The van der Waals surface area contributed by atoms with E-state index in [2.05, 4.69) is 6.92 Å². The van der Waals surface area contributed by atoms with E-state index in [-0.39, 0.29) is 0 Å². The van der Waals surface area contributed by atoms with E-state index in [0.717, 1.165) is 19.1 Å². The van der Waals surface area contributed by atoms with Gasteiger partial charge in [0.05, 0.1) is 0 Å². The Balaban J connectivity index is 1.78. The molecule has 1 unspecified atom stereocenters. The highest BCUT2D eigenvalue weighted by Crippen LogP contribution is 2.19. The number of hydrogen-bond donors (Lipinski definition) is 0. The van der Waals surface area contributed by atoms with E-state index in [9.17, 15) is 0 Å². The molecule has 1 aliphatic rings. The molecule has 0 aromatic heterocycles. The summed E-state index contributed by atoms with van der Waals surface area (Å²) < 4.78 is 5.35. The zero-order valence-electron chi connectivity index (χ0n) is 9.06. The Labute approximate surface area is 82.9 Å². The van der Waals surface area contributed by atoms with Crippen molar-refractivity contribution in [2.24, 2.45) is 5.92 Å². The summed E-state index contributed by atoms with van der Waals surface area (Å²) in [4.78, 5) is 0. The predicted octanol–water partition coefficient (Wildman–Crippen LogP) is 3.77. The highest BCUT2D eigenvalue weighted by atomic mass is 16.5. The van der Waals surface area contributed by atoms with Crippen LogP contribution in [0.4, 0.5) is 0 Å². The van der Waals surface area contributed by atoms with Gasteiger partial charge in [0, 0.05) is 13.2 Å². The second kappa shape index (κ2) is 7.37. The van der Waals surface area contributed by atoms with Crippen LogP contribution in [-0.4, -0.2) is 13.2 Å². The van der Waals surface area contributed by atoms with Gasteiger partial charge in [0.1, 0.15) is 0 Å². The van der Waals surface area contributed by atoms with Crippen molar-refractivity contribution in [3.05, 3.63) is 0 Å². The van der Waals surface area contributed by atoms with Crippen LogP contribution in [0.5, 0.6) is 0 Å². The summed E-state index contributed by atoms with van der Waals surface area (Å²) in [7, 11) is 0. The second-order valence-corrected chi connectivity index (χ2v) is 4.29. The quantitative estimate of drug-likeness (QED) is 0.547. The van der Waals surface area contributed by atoms with Gasteiger partial charge in [-0.3, -0.25) is 0 Å². The first-order chi connectivity index (χ1) is 6.43. The van der Waals surface area contributed by atoms with Gasteiger partial charge in [-0.1, -0.05) is 45.4 Å². The van der Waals surface area contributed by atoms with Gasteiger partial charge in [0.15, 0.2) is 0 Å². The average molecular weight is 184 g/mol. The number of hydrogen-bond acceptors (Lipinski definition) is 1. The van der Waals surface area contributed by atoms with Crippen LogP contribution in [0.25, 0.3) is 0 Å². The zero-order chi connectivity index (χ0) is 9.36. The van der Waals surface area contributed by atoms with Crippen molar-refractivity contribution in [2.75, 3.05) is 13.2 Å². The van der Waals surface area contributed by atoms with Gasteiger partial charge >= 0.3 is 0 Å². The molecule has 1 heteroatoms. The first-order valence-corrected chi connectivity index (χ1v) is 6.01. The predicted molar refractivity (Wildman–Crippen MR) is 56.9 cm³/mol. The van der Waals surface area contributed by atoms with Crippen molar-refractivity contribution < 1.29 is 4.74 Å². The monoisotopic (exact) mass is 184 g/mol. The Bertz CT molecular complexity index is 106. The standard InChI is InChI=1S/C12H24O/c1-2-3-4-5-6-7-8-12-9-10-13-11-12/h12H,2-11H2,1H3. The molecule has 1 aliphatic heterocycles. The van der Waals surface area contributed by atoms with Crippen LogP contribution in [0.15, 0.2) is 0 Å². The van der Waals surface area contributed by atoms with Crippen LogP contribution in [0.3, 0.4) is 0 Å². The third kappa shape index (κ3) is 5.30. The first-order valence-electron chi connectivity index (χ1n) is 6.01. The summed E-state index contributed by atoms with van der Waals surface area (Å²) in [5.74, 6) is 0.895. The van der Waals surface area contributed by atoms with E-state index in [1.165, 1.54) is 51.4 Å². The highest BCUT2D eigenvalue weighted by Gasteiger charge is 2.14. The maximum atomic E-state index is 5.35. The van der Waals surface area contributed by atoms with Gasteiger partial charge in [0.25, 0.3) is 0 Å². The molecule has 1 atom stereocenters. The molecule has 13 heavy (non-hydrogen) atoms. The van der Waals surface area contributed by atoms with Gasteiger partial charge in [-0.05, 0) is 18.8 Å². The SMILES string of the molecule is CCCCCCCCC1CCOC1. The molecule has 0 N–H and O–H groups in total. The van der Waals surface area contributed by atoms with Gasteiger partial charge in [-0.15, -0.1) is 0 Å². The number of rotatable bonds is 7. The van der Waals surface area contributed by atoms with E-state index in [1.54, 1.807) is 0 Å². The summed E-state index contributed by atoms with van der Waals surface area (Å²) in [6, 6.07) is 0. The lowest BCUT2D eigenvalue weighted by atomic mass is 10.00. The fraction of sp³-hybridized carbons (Fsp3) is 1.00. The molecule has 0 radical (unpaired) electrons. The van der Waals surface area contributed by atoms with Gasteiger partial charge < -0.3 is 4.74 Å². The normalized spacial score (nSPS) is 22.4. The van der Waals surface area contributed by atoms with Crippen molar-refractivity contribution >= 4 is 0 Å². The smallest absolute Gasteiger partial charge is 0.0495 e. The second-order valence-electron chi connectivity index (χ2n) is 4.29. The molecule has 0 aliphatic carbocycles. The molecule has 0 aromatic carbocycles. The summed E-state index contributed by atoms with van der Waals surface area (Å²) in [5.41, 5.74) is 0. The van der Waals surface area contributed by atoms with Crippen molar-refractivity contribution in [1.29, 1.82) is 0 Å². The van der Waals surface area contributed by atoms with Crippen molar-refractivity contribution in [1.82, 2.24) is 0 Å².